The summed E-state index contributed by atoms with van der Waals surface area (Å²) in [5.74, 6) is 2.98. The molecule has 0 saturated heterocycles. The van der Waals surface area contributed by atoms with Gasteiger partial charge in [0.05, 0.1) is 11.6 Å². The van der Waals surface area contributed by atoms with E-state index in [-0.39, 0.29) is 0 Å². The van der Waals surface area contributed by atoms with Gasteiger partial charge in [0.2, 0.25) is 0 Å². The Morgan fingerprint density at radius 2 is 1.71 bits per heavy atom. The van der Waals surface area contributed by atoms with E-state index in [1.165, 1.54) is 44.1 Å². The first-order valence-electron chi connectivity index (χ1n) is 11.3. The molecule has 3 rings (SSSR count). The summed E-state index contributed by atoms with van der Waals surface area (Å²) in [6, 6.07) is 10.0. The highest BCUT2D eigenvalue weighted by Gasteiger charge is 2.15. The van der Waals surface area contributed by atoms with Gasteiger partial charge >= 0.3 is 0 Å². The van der Waals surface area contributed by atoms with Gasteiger partial charge < -0.3 is 24.3 Å². The van der Waals surface area contributed by atoms with E-state index in [1.807, 2.05) is 24.3 Å². The van der Waals surface area contributed by atoms with Crippen molar-refractivity contribution in [1.82, 2.24) is 5.32 Å². The molecule has 1 aliphatic rings. The lowest BCUT2D eigenvalue weighted by Crippen LogP contribution is -2.15. The summed E-state index contributed by atoms with van der Waals surface area (Å²) in [7, 11) is 1.67. The molecule has 0 aliphatic carbocycles. The third-order valence-corrected chi connectivity index (χ3v) is 5.90. The van der Waals surface area contributed by atoms with Gasteiger partial charge in [-0.15, -0.1) is 0 Å². The van der Waals surface area contributed by atoms with E-state index >= 15 is 0 Å². The summed E-state index contributed by atoms with van der Waals surface area (Å²) in [5, 5.41) is 3.53. The van der Waals surface area contributed by atoms with E-state index in [2.05, 4.69) is 34.2 Å². The number of hydrogen-bond donors (Lipinski definition) is 1. The van der Waals surface area contributed by atoms with Crippen molar-refractivity contribution >= 4 is 15.9 Å². The number of unbranched alkanes of at least 4 members (excludes halogenated alkanes) is 5. The average molecular weight is 492 g/mol. The van der Waals surface area contributed by atoms with Crippen LogP contribution < -0.4 is 24.3 Å². The maximum Gasteiger partial charge on any atom is 0.175 e. The van der Waals surface area contributed by atoms with Gasteiger partial charge in [-0.2, -0.15) is 0 Å². The molecule has 1 aliphatic heterocycles. The van der Waals surface area contributed by atoms with Gasteiger partial charge in [0.1, 0.15) is 19.8 Å². The highest BCUT2D eigenvalue weighted by atomic mass is 79.9. The van der Waals surface area contributed by atoms with Crippen molar-refractivity contribution in [3.8, 4) is 23.0 Å². The Hall–Kier alpha value is -1.92. The average Bonchev–Trinajstić information content (AvgIpc) is 2.79. The molecule has 2 aromatic rings. The second kappa shape index (κ2) is 12.8. The summed E-state index contributed by atoms with van der Waals surface area (Å²) >= 11 is 3.65. The van der Waals surface area contributed by atoms with Crippen LogP contribution in [0, 0.1) is 0 Å². The summed E-state index contributed by atoms with van der Waals surface area (Å²) in [4.78, 5) is 0. The molecular formula is C25H34BrNO4. The summed E-state index contributed by atoms with van der Waals surface area (Å²) in [6.07, 6.45) is 7.86. The van der Waals surface area contributed by atoms with Gasteiger partial charge in [-0.3, -0.25) is 0 Å². The van der Waals surface area contributed by atoms with Crippen LogP contribution in [0.25, 0.3) is 0 Å². The summed E-state index contributed by atoms with van der Waals surface area (Å²) in [5.41, 5.74) is 2.18. The predicted octanol–water partition coefficient (Wildman–Crippen LogP) is 6.26. The van der Waals surface area contributed by atoms with E-state index < -0.39 is 0 Å². The monoisotopic (exact) mass is 491 g/mol. The second-order valence-corrected chi connectivity index (χ2v) is 8.67. The van der Waals surface area contributed by atoms with E-state index in [9.17, 15) is 0 Å². The molecule has 2 aromatic carbocycles. The van der Waals surface area contributed by atoms with Crippen LogP contribution in [0.5, 0.6) is 23.0 Å². The fraction of sp³-hybridized carbons (Fsp3) is 0.520. The molecule has 6 heteroatoms. The largest absolute Gasteiger partial charge is 0.493 e. The molecule has 0 atom stereocenters. The summed E-state index contributed by atoms with van der Waals surface area (Å²) in [6.45, 7) is 5.68. The van der Waals surface area contributed by atoms with Gasteiger partial charge in [0.25, 0.3) is 0 Å². The molecule has 0 unspecified atom stereocenters. The predicted molar refractivity (Wildman–Crippen MR) is 128 cm³/mol. The lowest BCUT2D eigenvalue weighted by molar-refractivity contribution is 0.171. The Labute approximate surface area is 194 Å². The zero-order valence-corrected chi connectivity index (χ0v) is 20.3. The van der Waals surface area contributed by atoms with E-state index in [0.29, 0.717) is 25.6 Å². The maximum absolute atomic E-state index is 6.09. The molecule has 0 aromatic heterocycles. The standard InChI is InChI=1S/C25H34BrNO4/c1-3-4-5-6-7-8-11-27-17-20-14-21(26)25(24(16-20)28-2)31-18-19-9-10-22-23(15-19)30-13-12-29-22/h9-10,14-16,27H,3-8,11-13,17-18H2,1-2H3. The molecule has 1 N–H and O–H groups in total. The molecular weight excluding hydrogens is 458 g/mol. The second-order valence-electron chi connectivity index (χ2n) is 7.82. The molecule has 0 amide bonds. The number of rotatable bonds is 13. The van der Waals surface area contributed by atoms with Gasteiger partial charge in [0.15, 0.2) is 23.0 Å². The van der Waals surface area contributed by atoms with E-state index in [1.54, 1.807) is 7.11 Å². The van der Waals surface area contributed by atoms with Crippen LogP contribution in [0.4, 0.5) is 0 Å². The van der Waals surface area contributed by atoms with Crippen molar-refractivity contribution in [1.29, 1.82) is 0 Å². The van der Waals surface area contributed by atoms with Gasteiger partial charge in [-0.1, -0.05) is 45.1 Å². The molecule has 0 spiro atoms. The highest BCUT2D eigenvalue weighted by Crippen LogP contribution is 2.38. The Morgan fingerprint density at radius 1 is 0.935 bits per heavy atom. The molecule has 5 nitrogen and oxygen atoms in total. The molecule has 170 valence electrons. The number of halogens is 1. The zero-order chi connectivity index (χ0) is 21.9. The molecule has 0 saturated carbocycles. The van der Waals surface area contributed by atoms with Crippen molar-refractivity contribution in [3.05, 3.63) is 45.9 Å². The van der Waals surface area contributed by atoms with E-state index in [0.717, 1.165) is 40.4 Å². The van der Waals surface area contributed by atoms with Gasteiger partial charge in [-0.05, 0) is 64.3 Å². The first kappa shape index (κ1) is 23.7. The minimum Gasteiger partial charge on any atom is -0.493 e. The zero-order valence-electron chi connectivity index (χ0n) is 18.7. The Balaban J connectivity index is 1.51. The highest BCUT2D eigenvalue weighted by molar-refractivity contribution is 9.10. The van der Waals surface area contributed by atoms with Crippen molar-refractivity contribution < 1.29 is 18.9 Å². The lowest BCUT2D eigenvalue weighted by Gasteiger charge is -2.19. The number of ether oxygens (including phenoxy) is 4. The van der Waals surface area contributed by atoms with Crippen LogP contribution in [-0.2, 0) is 13.2 Å². The third-order valence-electron chi connectivity index (χ3n) is 5.32. The topological polar surface area (TPSA) is 49.0 Å². The van der Waals surface area contributed by atoms with Crippen LogP contribution >= 0.6 is 15.9 Å². The minimum absolute atomic E-state index is 0.418. The fourth-order valence-electron chi connectivity index (χ4n) is 3.61. The molecule has 31 heavy (non-hydrogen) atoms. The fourth-order valence-corrected chi connectivity index (χ4v) is 4.22. The Bertz CT molecular complexity index is 827. The molecule has 0 fully saturated rings. The molecule has 0 bridgehead atoms. The maximum atomic E-state index is 6.09. The van der Waals surface area contributed by atoms with Crippen molar-refractivity contribution in [2.45, 2.75) is 58.6 Å². The van der Waals surface area contributed by atoms with E-state index in [4.69, 9.17) is 18.9 Å². The van der Waals surface area contributed by atoms with Crippen molar-refractivity contribution in [2.75, 3.05) is 26.9 Å². The number of benzene rings is 2. The first-order valence-corrected chi connectivity index (χ1v) is 12.1. The van der Waals surface area contributed by atoms with Crippen LogP contribution in [0.3, 0.4) is 0 Å². The first-order chi connectivity index (χ1) is 15.2. The number of methoxy groups -OCH3 is 1. The van der Waals surface area contributed by atoms with Crippen LogP contribution in [0.15, 0.2) is 34.8 Å². The summed E-state index contributed by atoms with van der Waals surface area (Å²) < 4.78 is 23.8. The Kier molecular flexibility index (Phi) is 9.82. The smallest absolute Gasteiger partial charge is 0.175 e. The van der Waals surface area contributed by atoms with Crippen molar-refractivity contribution in [3.63, 3.8) is 0 Å². The number of fused-ring (bicyclic) bond motifs is 1. The Morgan fingerprint density at radius 3 is 2.52 bits per heavy atom. The molecule has 1 heterocycles. The number of hydrogen-bond acceptors (Lipinski definition) is 5. The quantitative estimate of drug-likeness (QED) is 0.335. The van der Waals surface area contributed by atoms with Crippen LogP contribution in [0.1, 0.15) is 56.6 Å². The SMILES string of the molecule is CCCCCCCCNCc1cc(Br)c(OCc2ccc3c(c2)OCCO3)c(OC)c1. The van der Waals surface area contributed by atoms with Crippen LogP contribution in [0.2, 0.25) is 0 Å². The van der Waals surface area contributed by atoms with Gasteiger partial charge in [-0.25, -0.2) is 0 Å². The normalized spacial score (nSPS) is 12.6. The van der Waals surface area contributed by atoms with Crippen molar-refractivity contribution in [2.24, 2.45) is 0 Å². The van der Waals surface area contributed by atoms with Gasteiger partial charge in [0, 0.05) is 6.54 Å². The van der Waals surface area contributed by atoms with Crippen LogP contribution in [-0.4, -0.2) is 26.9 Å². The molecule has 0 radical (unpaired) electrons. The third kappa shape index (κ3) is 7.32. The minimum atomic E-state index is 0.418. The number of nitrogens with one attached hydrogen (secondary N) is 1. The lowest BCUT2D eigenvalue weighted by atomic mass is 10.1.